The molecular formula is C10H14. The van der Waals surface area contributed by atoms with E-state index >= 15 is 0 Å². The van der Waals surface area contributed by atoms with Crippen LogP contribution in [0.2, 0.25) is 0 Å². The Morgan fingerprint density at radius 2 is 2.40 bits per heavy atom. The van der Waals surface area contributed by atoms with Crippen LogP contribution in [0.15, 0.2) is 23.8 Å². The summed E-state index contributed by atoms with van der Waals surface area (Å²) >= 11 is 0. The topological polar surface area (TPSA) is 0 Å². The molecule has 0 aromatic heterocycles. The number of fused-ring (bicyclic) bond motifs is 1. The van der Waals surface area contributed by atoms with E-state index in [0.29, 0.717) is 0 Å². The first-order valence-electron chi connectivity index (χ1n) is 4.23. The third-order valence-electron chi connectivity index (χ3n) is 2.74. The standard InChI is InChI=1S/C10H14/c1-8-6-7-9-4-2-3-5-10(8)9/h3,5,7-8,10H,2,4,6H2,1H3. The van der Waals surface area contributed by atoms with Crippen LogP contribution in [0.1, 0.15) is 26.2 Å². The van der Waals surface area contributed by atoms with Gasteiger partial charge in [-0.05, 0) is 25.2 Å². The van der Waals surface area contributed by atoms with Gasteiger partial charge in [0, 0.05) is 5.92 Å². The van der Waals surface area contributed by atoms with Crippen molar-refractivity contribution in [2.24, 2.45) is 11.8 Å². The molecule has 0 fully saturated rings. The minimum Gasteiger partial charge on any atom is -0.0876 e. The van der Waals surface area contributed by atoms with Crippen LogP contribution >= 0.6 is 0 Å². The Morgan fingerprint density at radius 1 is 1.50 bits per heavy atom. The first-order chi connectivity index (χ1) is 4.88. The Hall–Kier alpha value is -0.520. The third kappa shape index (κ3) is 0.828. The number of allylic oxidation sites excluding steroid dienone is 4. The fraction of sp³-hybridized carbons (Fsp3) is 0.600. The van der Waals surface area contributed by atoms with Gasteiger partial charge in [0.25, 0.3) is 0 Å². The molecule has 0 saturated carbocycles. The smallest absolute Gasteiger partial charge is 0.000544 e. The molecule has 2 aliphatic carbocycles. The highest BCUT2D eigenvalue weighted by molar-refractivity contribution is 5.23. The van der Waals surface area contributed by atoms with Gasteiger partial charge in [0.2, 0.25) is 0 Å². The lowest BCUT2D eigenvalue weighted by molar-refractivity contribution is 0.506. The Balaban J connectivity index is 2.24. The Labute approximate surface area is 62.6 Å². The number of hydrogen-bond donors (Lipinski definition) is 0. The molecule has 0 aromatic rings. The van der Waals surface area contributed by atoms with E-state index in [0.717, 1.165) is 11.8 Å². The molecule has 0 saturated heterocycles. The van der Waals surface area contributed by atoms with Crippen LogP contribution < -0.4 is 0 Å². The van der Waals surface area contributed by atoms with E-state index in [2.05, 4.69) is 25.2 Å². The van der Waals surface area contributed by atoms with Crippen molar-refractivity contribution in [3.8, 4) is 0 Å². The Kier molecular flexibility index (Phi) is 1.40. The minimum atomic E-state index is 0.814. The summed E-state index contributed by atoms with van der Waals surface area (Å²) in [6.45, 7) is 2.35. The van der Waals surface area contributed by atoms with Crippen LogP contribution in [-0.4, -0.2) is 0 Å². The number of hydrogen-bond acceptors (Lipinski definition) is 0. The first kappa shape index (κ1) is 6.21. The molecule has 0 radical (unpaired) electrons. The maximum Gasteiger partial charge on any atom is 0.000544 e. The molecule has 0 aromatic carbocycles. The predicted octanol–water partition coefficient (Wildman–Crippen LogP) is 2.92. The zero-order valence-electron chi connectivity index (χ0n) is 6.51. The van der Waals surface area contributed by atoms with Crippen LogP contribution in [0, 0.1) is 11.8 Å². The molecule has 2 atom stereocenters. The zero-order valence-corrected chi connectivity index (χ0v) is 6.51. The van der Waals surface area contributed by atoms with Crippen molar-refractivity contribution in [1.29, 1.82) is 0 Å². The maximum atomic E-state index is 2.44. The van der Waals surface area contributed by atoms with Gasteiger partial charge in [-0.1, -0.05) is 30.7 Å². The lowest BCUT2D eigenvalue weighted by Crippen LogP contribution is -2.07. The molecular weight excluding hydrogens is 120 g/mol. The number of rotatable bonds is 0. The van der Waals surface area contributed by atoms with Crippen molar-refractivity contribution in [1.82, 2.24) is 0 Å². The highest BCUT2D eigenvalue weighted by Crippen LogP contribution is 2.37. The van der Waals surface area contributed by atoms with Crippen molar-refractivity contribution < 1.29 is 0 Å². The van der Waals surface area contributed by atoms with Gasteiger partial charge in [-0.2, -0.15) is 0 Å². The normalized spacial score (nSPS) is 37.5. The highest BCUT2D eigenvalue weighted by Gasteiger charge is 2.24. The van der Waals surface area contributed by atoms with Gasteiger partial charge >= 0.3 is 0 Å². The molecule has 0 heterocycles. The lowest BCUT2D eigenvalue weighted by atomic mass is 9.86. The molecule has 0 heteroatoms. The van der Waals surface area contributed by atoms with Crippen LogP contribution in [0.5, 0.6) is 0 Å². The van der Waals surface area contributed by atoms with Gasteiger partial charge in [0.05, 0.1) is 0 Å². The van der Waals surface area contributed by atoms with Crippen molar-refractivity contribution in [3.05, 3.63) is 23.8 Å². The molecule has 54 valence electrons. The first-order valence-corrected chi connectivity index (χ1v) is 4.23. The van der Waals surface area contributed by atoms with Gasteiger partial charge in [0.15, 0.2) is 0 Å². The summed E-state index contributed by atoms with van der Waals surface area (Å²) in [5.41, 5.74) is 1.70. The van der Waals surface area contributed by atoms with Crippen LogP contribution in [0.4, 0.5) is 0 Å². The van der Waals surface area contributed by atoms with Crippen molar-refractivity contribution in [2.45, 2.75) is 26.2 Å². The monoisotopic (exact) mass is 134 g/mol. The minimum absolute atomic E-state index is 0.814. The van der Waals surface area contributed by atoms with E-state index < -0.39 is 0 Å². The van der Waals surface area contributed by atoms with Gasteiger partial charge in [0.1, 0.15) is 0 Å². The zero-order chi connectivity index (χ0) is 6.97. The Bertz CT molecular complexity index is 186. The third-order valence-corrected chi connectivity index (χ3v) is 2.74. The second-order valence-corrected chi connectivity index (χ2v) is 3.48. The van der Waals surface area contributed by atoms with E-state index in [-0.39, 0.29) is 0 Å². The summed E-state index contributed by atoms with van der Waals surface area (Å²) in [5, 5.41) is 0. The van der Waals surface area contributed by atoms with Crippen LogP contribution in [0.3, 0.4) is 0 Å². The van der Waals surface area contributed by atoms with E-state index in [9.17, 15) is 0 Å². The summed E-state index contributed by atoms with van der Waals surface area (Å²) < 4.78 is 0. The molecule has 2 rings (SSSR count). The lowest BCUT2D eigenvalue weighted by Gasteiger charge is -2.18. The second kappa shape index (κ2) is 2.26. The van der Waals surface area contributed by atoms with Gasteiger partial charge in [-0.3, -0.25) is 0 Å². The predicted molar refractivity (Wildman–Crippen MR) is 43.7 cm³/mol. The van der Waals surface area contributed by atoms with E-state index in [1.165, 1.54) is 19.3 Å². The molecule has 0 nitrogen and oxygen atoms in total. The molecule has 0 spiro atoms. The molecule has 2 aliphatic rings. The fourth-order valence-corrected chi connectivity index (χ4v) is 2.06. The molecule has 10 heavy (non-hydrogen) atoms. The van der Waals surface area contributed by atoms with E-state index in [1.54, 1.807) is 5.57 Å². The van der Waals surface area contributed by atoms with Gasteiger partial charge < -0.3 is 0 Å². The van der Waals surface area contributed by atoms with Crippen molar-refractivity contribution in [3.63, 3.8) is 0 Å². The molecule has 0 amide bonds. The SMILES string of the molecule is CC1CC=C2CCC=CC21. The Morgan fingerprint density at radius 3 is 3.20 bits per heavy atom. The van der Waals surface area contributed by atoms with E-state index in [4.69, 9.17) is 0 Å². The molecule has 0 bridgehead atoms. The van der Waals surface area contributed by atoms with Gasteiger partial charge in [-0.15, -0.1) is 0 Å². The summed E-state index contributed by atoms with van der Waals surface area (Å²) in [6, 6.07) is 0. The second-order valence-electron chi connectivity index (χ2n) is 3.48. The molecule has 0 N–H and O–H groups in total. The van der Waals surface area contributed by atoms with Crippen molar-refractivity contribution in [2.75, 3.05) is 0 Å². The van der Waals surface area contributed by atoms with Crippen molar-refractivity contribution >= 4 is 0 Å². The molecule has 2 unspecified atom stereocenters. The van der Waals surface area contributed by atoms with Crippen LogP contribution in [0.25, 0.3) is 0 Å². The maximum absolute atomic E-state index is 2.44. The average molecular weight is 134 g/mol. The van der Waals surface area contributed by atoms with E-state index in [1.807, 2.05) is 0 Å². The summed E-state index contributed by atoms with van der Waals surface area (Å²) in [6.07, 6.45) is 11.1. The van der Waals surface area contributed by atoms with Gasteiger partial charge in [-0.25, -0.2) is 0 Å². The highest BCUT2D eigenvalue weighted by atomic mass is 14.3. The summed E-state index contributed by atoms with van der Waals surface area (Å²) in [7, 11) is 0. The molecule has 0 aliphatic heterocycles. The van der Waals surface area contributed by atoms with Crippen LogP contribution in [-0.2, 0) is 0 Å². The average Bonchev–Trinajstić information content (AvgIpc) is 2.34. The largest absolute Gasteiger partial charge is 0.0876 e. The summed E-state index contributed by atoms with van der Waals surface area (Å²) in [5.74, 6) is 1.69. The quantitative estimate of drug-likeness (QED) is 0.447. The summed E-state index contributed by atoms with van der Waals surface area (Å²) in [4.78, 5) is 0. The fourth-order valence-electron chi connectivity index (χ4n) is 2.06.